The van der Waals surface area contributed by atoms with E-state index >= 15 is 0 Å². The predicted octanol–water partition coefficient (Wildman–Crippen LogP) is 9.64. The summed E-state index contributed by atoms with van der Waals surface area (Å²) in [5, 5.41) is 0. The molecular weight excluding hydrogens is 412 g/mol. The first-order valence-corrected chi connectivity index (χ1v) is 12.0. The molecule has 0 saturated carbocycles. The highest BCUT2D eigenvalue weighted by molar-refractivity contribution is 5.83. The molecule has 0 bridgehead atoms. The number of benzene rings is 3. The largest absolute Gasteiger partial charge is 0.488 e. The molecule has 1 heteroatoms. The number of allylic oxidation sites excluding steroid dienone is 5. The van der Waals surface area contributed by atoms with E-state index in [0.717, 1.165) is 22.4 Å². The molecule has 0 amide bonds. The average molecular weight is 451 g/mol. The van der Waals surface area contributed by atoms with Crippen LogP contribution in [0.15, 0.2) is 97.6 Å². The van der Waals surface area contributed by atoms with Crippen LogP contribution in [-0.4, -0.2) is 5.60 Å². The van der Waals surface area contributed by atoms with Gasteiger partial charge in [-0.1, -0.05) is 100 Å². The maximum absolute atomic E-state index is 6.35. The summed E-state index contributed by atoms with van der Waals surface area (Å²) in [5.74, 6) is 0.872. The van der Waals surface area contributed by atoms with E-state index in [2.05, 4.69) is 127 Å². The summed E-state index contributed by atoms with van der Waals surface area (Å²) in [6, 6.07) is 24.0. The molecule has 0 radical (unpaired) electrons. The molecule has 0 spiro atoms. The van der Waals surface area contributed by atoms with Gasteiger partial charge in [0.25, 0.3) is 0 Å². The van der Waals surface area contributed by atoms with Gasteiger partial charge in [-0.05, 0) is 84.7 Å². The number of hydrogen-bond donors (Lipinski definition) is 0. The van der Waals surface area contributed by atoms with Crippen LogP contribution in [0, 0.1) is 0 Å². The zero-order valence-electron chi connectivity index (χ0n) is 21.8. The van der Waals surface area contributed by atoms with Gasteiger partial charge in [0.05, 0.1) is 0 Å². The maximum Gasteiger partial charge on any atom is 0.127 e. The molecule has 0 N–H and O–H groups in total. The van der Waals surface area contributed by atoms with Crippen molar-refractivity contribution >= 4 is 5.57 Å². The molecule has 0 aliphatic heterocycles. The van der Waals surface area contributed by atoms with Crippen LogP contribution in [-0.2, 0) is 5.41 Å². The Morgan fingerprint density at radius 3 is 2.03 bits per heavy atom. The van der Waals surface area contributed by atoms with Gasteiger partial charge in [-0.2, -0.15) is 0 Å². The van der Waals surface area contributed by atoms with Gasteiger partial charge < -0.3 is 4.74 Å². The fraction of sp³-hybridized carbons (Fsp3) is 0.273. The third-order valence-electron chi connectivity index (χ3n) is 5.60. The second-order valence-corrected chi connectivity index (χ2v) is 10.7. The first-order chi connectivity index (χ1) is 16.0. The summed E-state index contributed by atoms with van der Waals surface area (Å²) >= 11 is 0. The van der Waals surface area contributed by atoms with Crippen molar-refractivity contribution in [2.75, 3.05) is 0 Å². The molecule has 0 atom stereocenters. The summed E-state index contributed by atoms with van der Waals surface area (Å²) in [5.41, 5.74) is 8.10. The van der Waals surface area contributed by atoms with Gasteiger partial charge in [0.15, 0.2) is 0 Å². The molecule has 34 heavy (non-hydrogen) atoms. The Balaban J connectivity index is 2.22. The van der Waals surface area contributed by atoms with E-state index in [9.17, 15) is 0 Å². The fourth-order valence-corrected chi connectivity index (χ4v) is 4.13. The quantitative estimate of drug-likeness (QED) is 0.340. The Morgan fingerprint density at radius 1 is 0.794 bits per heavy atom. The Kier molecular flexibility index (Phi) is 7.67. The van der Waals surface area contributed by atoms with E-state index in [1.54, 1.807) is 0 Å². The minimum atomic E-state index is -0.291. The van der Waals surface area contributed by atoms with E-state index in [1.807, 2.05) is 19.1 Å². The van der Waals surface area contributed by atoms with Crippen LogP contribution in [0.2, 0.25) is 0 Å². The molecule has 3 rings (SSSR count). The normalized spacial score (nSPS) is 12.7. The molecule has 0 aliphatic rings. The van der Waals surface area contributed by atoms with Crippen LogP contribution in [0.25, 0.3) is 27.8 Å². The lowest BCUT2D eigenvalue weighted by atomic mass is 9.80. The second-order valence-electron chi connectivity index (χ2n) is 10.7. The first kappa shape index (κ1) is 25.3. The number of ether oxygens (including phenoxy) is 1. The summed E-state index contributed by atoms with van der Waals surface area (Å²) in [6.07, 6.45) is 8.02. The van der Waals surface area contributed by atoms with E-state index < -0.39 is 0 Å². The molecule has 1 nitrogen and oxygen atoms in total. The van der Waals surface area contributed by atoms with Crippen molar-refractivity contribution < 1.29 is 4.74 Å². The molecule has 0 aromatic heterocycles. The fourth-order valence-electron chi connectivity index (χ4n) is 4.13. The first-order valence-electron chi connectivity index (χ1n) is 12.0. The molecular formula is C33H38O. The zero-order valence-corrected chi connectivity index (χ0v) is 21.8. The van der Waals surface area contributed by atoms with Gasteiger partial charge in [0.2, 0.25) is 0 Å². The Labute approximate surface area is 206 Å². The van der Waals surface area contributed by atoms with Crippen molar-refractivity contribution in [1.82, 2.24) is 0 Å². The van der Waals surface area contributed by atoms with Gasteiger partial charge in [-0.15, -0.1) is 0 Å². The molecule has 3 aromatic carbocycles. The summed E-state index contributed by atoms with van der Waals surface area (Å²) in [7, 11) is 0. The van der Waals surface area contributed by atoms with Crippen LogP contribution in [0.5, 0.6) is 5.75 Å². The Bertz CT molecular complexity index is 1200. The summed E-state index contributed by atoms with van der Waals surface area (Å²) < 4.78 is 6.35. The molecule has 3 aromatic rings. The van der Waals surface area contributed by atoms with Crippen molar-refractivity contribution in [3.8, 4) is 28.0 Å². The van der Waals surface area contributed by atoms with Crippen molar-refractivity contribution in [1.29, 1.82) is 0 Å². The topological polar surface area (TPSA) is 9.23 Å². The number of hydrogen-bond acceptors (Lipinski definition) is 1. The average Bonchev–Trinajstić information content (AvgIpc) is 2.78. The van der Waals surface area contributed by atoms with Gasteiger partial charge in [0.1, 0.15) is 11.4 Å². The van der Waals surface area contributed by atoms with Crippen molar-refractivity contribution in [3.05, 3.63) is 109 Å². The molecule has 0 heterocycles. The molecule has 0 unspecified atom stereocenters. The molecule has 0 aliphatic carbocycles. The van der Waals surface area contributed by atoms with E-state index in [1.165, 1.54) is 22.3 Å². The van der Waals surface area contributed by atoms with Gasteiger partial charge in [0, 0.05) is 5.56 Å². The highest BCUT2D eigenvalue weighted by Gasteiger charge is 2.21. The second kappa shape index (κ2) is 10.3. The standard InChI is InChI=1S/C33H38O/c1-9-14-24(15-10-2)29-23-27(19-21-31(29)34-33(6,7)8)26-18-20-30(32(3,4)5)28(22-26)25-16-12-11-13-17-25/h9-23H,1H2,2-8H3/b15-10-,24-14+. The maximum atomic E-state index is 6.35. The van der Waals surface area contributed by atoms with Gasteiger partial charge >= 0.3 is 0 Å². The zero-order chi connectivity index (χ0) is 24.9. The Hall–Kier alpha value is -3.32. The number of rotatable bonds is 6. The lowest BCUT2D eigenvalue weighted by molar-refractivity contribution is 0.130. The lowest BCUT2D eigenvalue weighted by Gasteiger charge is -2.25. The van der Waals surface area contributed by atoms with Crippen molar-refractivity contribution in [2.24, 2.45) is 0 Å². The van der Waals surface area contributed by atoms with Crippen LogP contribution < -0.4 is 4.74 Å². The Morgan fingerprint density at radius 2 is 1.44 bits per heavy atom. The predicted molar refractivity (Wildman–Crippen MR) is 149 cm³/mol. The molecule has 0 saturated heterocycles. The van der Waals surface area contributed by atoms with Crippen LogP contribution in [0.3, 0.4) is 0 Å². The van der Waals surface area contributed by atoms with Gasteiger partial charge in [-0.3, -0.25) is 0 Å². The molecule has 0 fully saturated rings. The third-order valence-corrected chi connectivity index (χ3v) is 5.60. The van der Waals surface area contributed by atoms with E-state index in [0.29, 0.717) is 0 Å². The highest BCUT2D eigenvalue weighted by Crippen LogP contribution is 2.38. The van der Waals surface area contributed by atoms with Crippen LogP contribution >= 0.6 is 0 Å². The minimum absolute atomic E-state index is 0.0467. The van der Waals surface area contributed by atoms with Crippen LogP contribution in [0.4, 0.5) is 0 Å². The smallest absolute Gasteiger partial charge is 0.127 e. The van der Waals surface area contributed by atoms with Gasteiger partial charge in [-0.25, -0.2) is 0 Å². The summed E-state index contributed by atoms with van der Waals surface area (Å²) in [4.78, 5) is 0. The SMILES string of the molecule is C=C/C=C(\C=C/C)c1cc(-c2ccc(C(C)(C)C)c(-c3ccccc3)c2)ccc1OC(C)(C)C. The minimum Gasteiger partial charge on any atom is -0.488 e. The monoisotopic (exact) mass is 450 g/mol. The molecule has 176 valence electrons. The van der Waals surface area contributed by atoms with Crippen molar-refractivity contribution in [2.45, 2.75) is 59.5 Å². The van der Waals surface area contributed by atoms with Crippen LogP contribution in [0.1, 0.15) is 59.6 Å². The summed E-state index contributed by atoms with van der Waals surface area (Å²) in [6.45, 7) is 19.0. The van der Waals surface area contributed by atoms with E-state index in [4.69, 9.17) is 4.74 Å². The third kappa shape index (κ3) is 6.17. The highest BCUT2D eigenvalue weighted by atomic mass is 16.5. The lowest BCUT2D eigenvalue weighted by Crippen LogP contribution is -2.23. The van der Waals surface area contributed by atoms with E-state index in [-0.39, 0.29) is 11.0 Å². The van der Waals surface area contributed by atoms with Crippen molar-refractivity contribution in [3.63, 3.8) is 0 Å².